The highest BCUT2D eigenvalue weighted by molar-refractivity contribution is 6.32. The lowest BCUT2D eigenvalue weighted by atomic mass is 10.1. The van der Waals surface area contributed by atoms with E-state index in [0.29, 0.717) is 5.57 Å². The minimum Gasteiger partial charge on any atom is -0.352 e. The fourth-order valence-corrected chi connectivity index (χ4v) is 2.61. The first-order valence-corrected chi connectivity index (χ1v) is 7.28. The third kappa shape index (κ3) is 2.26. The monoisotopic (exact) mass is 293 g/mol. The zero-order valence-corrected chi connectivity index (χ0v) is 13.3. The largest absolute Gasteiger partial charge is 0.352 e. The molecule has 0 aliphatic carbocycles. The van der Waals surface area contributed by atoms with E-state index in [2.05, 4.69) is 29.6 Å². The van der Waals surface area contributed by atoms with Crippen LogP contribution in [0.2, 0.25) is 0 Å². The summed E-state index contributed by atoms with van der Waals surface area (Å²) in [5.41, 5.74) is 5.56. The van der Waals surface area contributed by atoms with Crippen molar-refractivity contribution in [3.8, 4) is 0 Å². The molecular formula is C18H19N3O. The van der Waals surface area contributed by atoms with Gasteiger partial charge in [0.05, 0.1) is 17.0 Å². The third-order valence-electron chi connectivity index (χ3n) is 4.18. The molecule has 0 N–H and O–H groups in total. The Hall–Kier alpha value is -2.62. The topological polar surface area (TPSA) is 37.6 Å². The van der Waals surface area contributed by atoms with E-state index in [1.165, 1.54) is 10.7 Å². The van der Waals surface area contributed by atoms with Gasteiger partial charge in [0.2, 0.25) is 0 Å². The van der Waals surface area contributed by atoms with Crippen LogP contribution in [0.15, 0.2) is 47.1 Å². The van der Waals surface area contributed by atoms with Gasteiger partial charge in [-0.3, -0.25) is 4.79 Å². The number of anilines is 1. The van der Waals surface area contributed by atoms with E-state index in [4.69, 9.17) is 0 Å². The number of benzene rings is 1. The fourth-order valence-electron chi connectivity index (χ4n) is 2.61. The highest BCUT2D eigenvalue weighted by atomic mass is 16.2. The SMILES string of the molecule is CC1=NN(c2ccccc2)C(=O)/C1=C\c1cc(C)n(C)c1C. The molecule has 2 aromatic rings. The zero-order chi connectivity index (χ0) is 15.9. The van der Waals surface area contributed by atoms with Crippen molar-refractivity contribution in [2.45, 2.75) is 20.8 Å². The second kappa shape index (κ2) is 5.30. The summed E-state index contributed by atoms with van der Waals surface area (Å²) < 4.78 is 2.12. The van der Waals surface area contributed by atoms with Gasteiger partial charge in [-0.1, -0.05) is 18.2 Å². The maximum atomic E-state index is 12.7. The van der Waals surface area contributed by atoms with Crippen LogP contribution < -0.4 is 5.01 Å². The summed E-state index contributed by atoms with van der Waals surface area (Å²) in [5.74, 6) is -0.0791. The molecule has 0 fully saturated rings. The average Bonchev–Trinajstić information content (AvgIpc) is 2.93. The lowest BCUT2D eigenvalue weighted by molar-refractivity contribution is -0.114. The normalized spacial score (nSPS) is 16.5. The van der Waals surface area contributed by atoms with Crippen molar-refractivity contribution < 1.29 is 4.79 Å². The molecule has 1 amide bonds. The van der Waals surface area contributed by atoms with Crippen LogP contribution in [0.4, 0.5) is 5.69 Å². The number of nitrogens with zero attached hydrogens (tertiary/aromatic N) is 3. The van der Waals surface area contributed by atoms with Crippen LogP contribution in [0.3, 0.4) is 0 Å². The summed E-state index contributed by atoms with van der Waals surface area (Å²) >= 11 is 0. The summed E-state index contributed by atoms with van der Waals surface area (Å²) in [6.07, 6.45) is 1.94. The predicted molar refractivity (Wildman–Crippen MR) is 89.9 cm³/mol. The van der Waals surface area contributed by atoms with Crippen LogP contribution in [-0.4, -0.2) is 16.2 Å². The van der Waals surface area contributed by atoms with Crippen molar-refractivity contribution >= 4 is 23.4 Å². The summed E-state index contributed by atoms with van der Waals surface area (Å²) in [7, 11) is 2.03. The van der Waals surface area contributed by atoms with E-state index < -0.39 is 0 Å². The lowest BCUT2D eigenvalue weighted by Gasteiger charge is -2.11. The van der Waals surface area contributed by atoms with Crippen LogP contribution in [0.5, 0.6) is 0 Å². The summed E-state index contributed by atoms with van der Waals surface area (Å²) in [6, 6.07) is 11.6. The van der Waals surface area contributed by atoms with Crippen molar-refractivity contribution in [1.29, 1.82) is 0 Å². The maximum Gasteiger partial charge on any atom is 0.280 e. The van der Waals surface area contributed by atoms with Crippen LogP contribution in [0.25, 0.3) is 6.08 Å². The smallest absolute Gasteiger partial charge is 0.280 e. The number of para-hydroxylation sites is 1. The number of hydrogen-bond donors (Lipinski definition) is 0. The van der Waals surface area contributed by atoms with Crippen LogP contribution >= 0.6 is 0 Å². The standard InChI is InChI=1S/C18H19N3O/c1-12-10-15(14(3)20(12)4)11-17-13(2)19-21(18(17)22)16-8-6-5-7-9-16/h5-11H,1-4H3/b17-11-. The first kappa shape index (κ1) is 14.3. The number of carbonyl (C=O) groups excluding carboxylic acids is 1. The molecule has 2 heterocycles. The van der Waals surface area contributed by atoms with E-state index in [-0.39, 0.29) is 5.91 Å². The van der Waals surface area contributed by atoms with E-state index in [0.717, 1.165) is 22.7 Å². The van der Waals surface area contributed by atoms with Crippen LogP contribution in [0.1, 0.15) is 23.9 Å². The third-order valence-corrected chi connectivity index (χ3v) is 4.18. The molecule has 0 saturated heterocycles. The minimum atomic E-state index is -0.0791. The van der Waals surface area contributed by atoms with E-state index >= 15 is 0 Å². The molecule has 0 bridgehead atoms. The number of carbonyl (C=O) groups is 1. The Balaban J connectivity index is 2.00. The van der Waals surface area contributed by atoms with Gasteiger partial charge in [0, 0.05) is 18.4 Å². The van der Waals surface area contributed by atoms with Crippen molar-refractivity contribution in [3.63, 3.8) is 0 Å². The molecule has 0 saturated carbocycles. The molecule has 4 nitrogen and oxygen atoms in total. The van der Waals surface area contributed by atoms with Gasteiger partial charge >= 0.3 is 0 Å². The number of hydrogen-bond acceptors (Lipinski definition) is 2. The van der Waals surface area contributed by atoms with Gasteiger partial charge < -0.3 is 4.57 Å². The Bertz CT molecular complexity index is 797. The van der Waals surface area contributed by atoms with Gasteiger partial charge in [0.15, 0.2) is 0 Å². The van der Waals surface area contributed by atoms with Crippen molar-refractivity contribution in [3.05, 3.63) is 58.9 Å². The van der Waals surface area contributed by atoms with Gasteiger partial charge in [0.25, 0.3) is 5.91 Å². The molecule has 0 radical (unpaired) electrons. The molecule has 0 atom stereocenters. The second-order valence-corrected chi connectivity index (χ2v) is 5.58. The molecule has 1 aromatic carbocycles. The summed E-state index contributed by atoms with van der Waals surface area (Å²) in [6.45, 7) is 5.99. The van der Waals surface area contributed by atoms with Gasteiger partial charge in [-0.2, -0.15) is 10.1 Å². The molecule has 22 heavy (non-hydrogen) atoms. The second-order valence-electron chi connectivity index (χ2n) is 5.58. The average molecular weight is 293 g/mol. The Kier molecular flexibility index (Phi) is 3.45. The quantitative estimate of drug-likeness (QED) is 0.781. The number of amides is 1. The van der Waals surface area contributed by atoms with Gasteiger partial charge in [-0.05, 0) is 50.6 Å². The summed E-state index contributed by atoms with van der Waals surface area (Å²) in [4.78, 5) is 12.7. The van der Waals surface area contributed by atoms with Crippen LogP contribution in [-0.2, 0) is 11.8 Å². The molecule has 3 rings (SSSR count). The van der Waals surface area contributed by atoms with Crippen molar-refractivity contribution in [2.75, 3.05) is 5.01 Å². The maximum absolute atomic E-state index is 12.7. The van der Waals surface area contributed by atoms with Gasteiger partial charge in [-0.25, -0.2) is 0 Å². The zero-order valence-electron chi connectivity index (χ0n) is 13.3. The highest BCUT2D eigenvalue weighted by Crippen LogP contribution is 2.26. The Morgan fingerprint density at radius 3 is 2.36 bits per heavy atom. The first-order chi connectivity index (χ1) is 10.5. The number of aryl methyl sites for hydroxylation is 1. The fraction of sp³-hybridized carbons (Fsp3) is 0.222. The molecule has 1 aliphatic rings. The first-order valence-electron chi connectivity index (χ1n) is 7.28. The summed E-state index contributed by atoms with van der Waals surface area (Å²) in [5, 5.41) is 5.87. The minimum absolute atomic E-state index is 0.0791. The Morgan fingerprint density at radius 2 is 1.77 bits per heavy atom. The van der Waals surface area contributed by atoms with Crippen LogP contribution in [0, 0.1) is 13.8 Å². The molecule has 112 valence electrons. The highest BCUT2D eigenvalue weighted by Gasteiger charge is 2.28. The Morgan fingerprint density at radius 1 is 1.09 bits per heavy atom. The molecule has 4 heteroatoms. The lowest BCUT2D eigenvalue weighted by Crippen LogP contribution is -2.21. The predicted octanol–water partition coefficient (Wildman–Crippen LogP) is 3.45. The van der Waals surface area contributed by atoms with Gasteiger partial charge in [0.1, 0.15) is 0 Å². The van der Waals surface area contributed by atoms with Gasteiger partial charge in [-0.15, -0.1) is 0 Å². The molecular weight excluding hydrogens is 274 g/mol. The van der Waals surface area contributed by atoms with E-state index in [1.54, 1.807) is 0 Å². The number of aromatic nitrogens is 1. The molecule has 1 aromatic heterocycles. The van der Waals surface area contributed by atoms with E-state index in [1.807, 2.05) is 50.4 Å². The molecule has 0 spiro atoms. The Labute approximate surface area is 130 Å². The number of rotatable bonds is 2. The van der Waals surface area contributed by atoms with Crippen molar-refractivity contribution in [2.24, 2.45) is 12.1 Å². The molecule has 0 unspecified atom stereocenters. The van der Waals surface area contributed by atoms with Crippen molar-refractivity contribution in [1.82, 2.24) is 4.57 Å². The van der Waals surface area contributed by atoms with E-state index in [9.17, 15) is 4.79 Å². The number of hydrazone groups is 1. The molecule has 1 aliphatic heterocycles.